The highest BCUT2D eigenvalue weighted by Crippen LogP contribution is 2.25. The molecule has 28 heavy (non-hydrogen) atoms. The van der Waals surface area contributed by atoms with Crippen molar-refractivity contribution in [3.63, 3.8) is 0 Å². The lowest BCUT2D eigenvalue weighted by Gasteiger charge is -2.33. The van der Waals surface area contributed by atoms with Crippen molar-refractivity contribution in [2.75, 3.05) is 39.3 Å². The Labute approximate surface area is 167 Å². The van der Waals surface area contributed by atoms with Crippen molar-refractivity contribution in [1.82, 2.24) is 28.6 Å². The molecule has 2 N–H and O–H groups in total. The summed E-state index contributed by atoms with van der Waals surface area (Å²) >= 11 is 0.978. The second-order valence-corrected chi connectivity index (χ2v) is 8.81. The number of nitrogens with zero attached hydrogens (tertiary/aromatic N) is 4. The quantitative estimate of drug-likeness (QED) is 0.678. The number of amides is 3. The predicted molar refractivity (Wildman–Crippen MR) is 104 cm³/mol. The zero-order valence-electron chi connectivity index (χ0n) is 15.4. The molecule has 12 heteroatoms. The molecule has 1 aliphatic heterocycles. The summed E-state index contributed by atoms with van der Waals surface area (Å²) in [4.78, 5) is 25.4. The number of urea groups is 1. The van der Waals surface area contributed by atoms with Gasteiger partial charge >= 0.3 is 6.03 Å². The average Bonchev–Trinajstić information content (AvgIpc) is 3.15. The van der Waals surface area contributed by atoms with Crippen LogP contribution in [-0.4, -0.2) is 77.6 Å². The number of aromatic nitrogens is 2. The molecule has 2 heterocycles. The van der Waals surface area contributed by atoms with Gasteiger partial charge in [0.2, 0.25) is 15.9 Å². The molecule has 0 bridgehead atoms. The van der Waals surface area contributed by atoms with Crippen molar-refractivity contribution in [3.05, 3.63) is 18.2 Å². The van der Waals surface area contributed by atoms with E-state index in [1.165, 1.54) is 10.4 Å². The Bertz CT molecular complexity index is 953. The highest BCUT2D eigenvalue weighted by atomic mass is 32.2. The minimum absolute atomic E-state index is 0.0407. The Morgan fingerprint density at radius 3 is 2.64 bits per heavy atom. The van der Waals surface area contributed by atoms with E-state index in [0.717, 1.165) is 18.1 Å². The molecule has 0 aliphatic carbocycles. The third-order valence-corrected chi connectivity index (χ3v) is 6.83. The molecule has 1 aromatic heterocycles. The lowest BCUT2D eigenvalue weighted by molar-refractivity contribution is -0.121. The van der Waals surface area contributed by atoms with Crippen LogP contribution in [0.25, 0.3) is 11.0 Å². The molecule has 3 amide bonds. The summed E-state index contributed by atoms with van der Waals surface area (Å²) in [5, 5.41) is 4.84. The Morgan fingerprint density at radius 1 is 1.18 bits per heavy atom. The van der Waals surface area contributed by atoms with Gasteiger partial charge in [0.05, 0.1) is 18.3 Å². The number of carbonyl (C=O) groups excluding carboxylic acids is 2. The topological polar surface area (TPSA) is 125 Å². The number of hydrogen-bond donors (Lipinski definition) is 2. The molecule has 0 atom stereocenters. The van der Waals surface area contributed by atoms with Crippen LogP contribution < -0.4 is 10.6 Å². The summed E-state index contributed by atoms with van der Waals surface area (Å²) in [7, 11) is -3.69. The predicted octanol–water partition coefficient (Wildman–Crippen LogP) is 0.233. The summed E-state index contributed by atoms with van der Waals surface area (Å²) < 4.78 is 35.6. The molecule has 10 nitrogen and oxygen atoms in total. The molecule has 1 saturated heterocycles. The van der Waals surface area contributed by atoms with E-state index >= 15 is 0 Å². The van der Waals surface area contributed by atoms with E-state index in [4.69, 9.17) is 0 Å². The summed E-state index contributed by atoms with van der Waals surface area (Å²) in [6.45, 7) is 3.76. The third-order valence-electron chi connectivity index (χ3n) is 4.35. The molecule has 152 valence electrons. The van der Waals surface area contributed by atoms with Crippen LogP contribution in [0.1, 0.15) is 13.3 Å². The van der Waals surface area contributed by atoms with Gasteiger partial charge in [-0.1, -0.05) is 13.0 Å². The maximum atomic E-state index is 13.0. The normalized spacial score (nSPS) is 16.2. The monoisotopic (exact) mass is 426 g/mol. The minimum Gasteiger partial charge on any atom is -0.338 e. The molecule has 0 radical (unpaired) electrons. The Kier molecular flexibility index (Phi) is 6.54. The Morgan fingerprint density at radius 2 is 1.93 bits per heavy atom. The van der Waals surface area contributed by atoms with Gasteiger partial charge in [-0.3, -0.25) is 15.0 Å². The van der Waals surface area contributed by atoms with Gasteiger partial charge in [0.25, 0.3) is 0 Å². The van der Waals surface area contributed by atoms with Crippen LogP contribution in [0.4, 0.5) is 4.79 Å². The number of sulfonamides is 1. The molecule has 2 aromatic rings. The first-order valence-corrected chi connectivity index (χ1v) is 11.1. The zero-order chi connectivity index (χ0) is 20.1. The Hall–Kier alpha value is -2.15. The van der Waals surface area contributed by atoms with Crippen LogP contribution in [0, 0.1) is 0 Å². The second-order valence-electron chi connectivity index (χ2n) is 6.37. The van der Waals surface area contributed by atoms with Gasteiger partial charge < -0.3 is 5.32 Å². The third kappa shape index (κ3) is 4.63. The standard InChI is InChI=1S/C16H22N6O4S2/c1-2-6-17-16(24)18-14(23)11-21-7-9-22(10-8-21)28(25,26)13-5-3-4-12-15(13)20-27-19-12/h3-5H,2,6-11H2,1H3,(H2,17,18,23,24). The molecular formula is C16H22N6O4S2. The summed E-state index contributed by atoms with van der Waals surface area (Å²) in [6.07, 6.45) is 0.780. The van der Waals surface area contributed by atoms with Crippen LogP contribution in [0.2, 0.25) is 0 Å². The molecule has 0 saturated carbocycles. The van der Waals surface area contributed by atoms with Crippen molar-refractivity contribution >= 4 is 44.7 Å². The number of nitrogens with one attached hydrogen (secondary N) is 2. The first-order valence-electron chi connectivity index (χ1n) is 8.93. The summed E-state index contributed by atoms with van der Waals surface area (Å²) in [5.41, 5.74) is 0.940. The average molecular weight is 427 g/mol. The molecule has 1 fully saturated rings. The van der Waals surface area contributed by atoms with Gasteiger partial charge in [0.1, 0.15) is 15.9 Å². The lowest BCUT2D eigenvalue weighted by atomic mass is 10.3. The zero-order valence-corrected chi connectivity index (χ0v) is 17.1. The lowest BCUT2D eigenvalue weighted by Crippen LogP contribution is -2.52. The van der Waals surface area contributed by atoms with Gasteiger partial charge in [-0.05, 0) is 18.6 Å². The molecule has 0 unspecified atom stereocenters. The van der Waals surface area contributed by atoms with E-state index in [9.17, 15) is 18.0 Å². The fraction of sp³-hybridized carbons (Fsp3) is 0.500. The maximum absolute atomic E-state index is 13.0. The van der Waals surface area contributed by atoms with Crippen molar-refractivity contribution in [2.45, 2.75) is 18.2 Å². The summed E-state index contributed by atoms with van der Waals surface area (Å²) in [5.74, 6) is -0.414. The number of rotatable bonds is 6. The fourth-order valence-electron chi connectivity index (χ4n) is 2.91. The van der Waals surface area contributed by atoms with Crippen molar-refractivity contribution in [1.29, 1.82) is 0 Å². The van der Waals surface area contributed by atoms with Gasteiger partial charge in [-0.25, -0.2) is 13.2 Å². The smallest absolute Gasteiger partial charge is 0.321 e. The number of carbonyl (C=O) groups is 2. The second kappa shape index (κ2) is 8.90. The van der Waals surface area contributed by atoms with Crippen molar-refractivity contribution in [3.8, 4) is 0 Å². The number of benzene rings is 1. The SMILES string of the molecule is CCCNC(=O)NC(=O)CN1CCN(S(=O)(=O)c2cccc3nsnc23)CC1. The minimum atomic E-state index is -3.69. The van der Waals surface area contributed by atoms with Crippen LogP contribution >= 0.6 is 11.7 Å². The molecule has 1 aromatic carbocycles. The fourth-order valence-corrected chi connectivity index (χ4v) is 5.08. The van der Waals surface area contributed by atoms with Gasteiger partial charge in [-0.2, -0.15) is 13.1 Å². The van der Waals surface area contributed by atoms with E-state index in [-0.39, 0.29) is 24.5 Å². The highest BCUT2D eigenvalue weighted by Gasteiger charge is 2.31. The van der Waals surface area contributed by atoms with Crippen LogP contribution in [-0.2, 0) is 14.8 Å². The highest BCUT2D eigenvalue weighted by molar-refractivity contribution is 7.89. The first kappa shape index (κ1) is 20.6. The van der Waals surface area contributed by atoms with Gasteiger partial charge in [0.15, 0.2) is 0 Å². The van der Waals surface area contributed by atoms with Crippen molar-refractivity contribution < 1.29 is 18.0 Å². The van der Waals surface area contributed by atoms with Crippen molar-refractivity contribution in [2.24, 2.45) is 0 Å². The summed E-state index contributed by atoms with van der Waals surface area (Å²) in [6, 6.07) is 4.40. The van der Waals surface area contributed by atoms with Crippen LogP contribution in [0.5, 0.6) is 0 Å². The molecule has 1 aliphatic rings. The molecule has 0 spiro atoms. The first-order chi connectivity index (χ1) is 13.4. The van der Waals surface area contributed by atoms with Gasteiger partial charge in [-0.15, -0.1) is 0 Å². The number of hydrogen-bond acceptors (Lipinski definition) is 8. The van der Waals surface area contributed by atoms with E-state index in [1.54, 1.807) is 12.1 Å². The largest absolute Gasteiger partial charge is 0.338 e. The van der Waals surface area contributed by atoms with E-state index in [0.29, 0.717) is 30.7 Å². The van der Waals surface area contributed by atoms with Crippen LogP contribution in [0.3, 0.4) is 0 Å². The number of fused-ring (bicyclic) bond motifs is 1. The van der Waals surface area contributed by atoms with E-state index in [1.807, 2.05) is 11.8 Å². The van der Waals surface area contributed by atoms with Gasteiger partial charge in [0, 0.05) is 32.7 Å². The Balaban J connectivity index is 1.57. The van der Waals surface area contributed by atoms with Crippen LogP contribution in [0.15, 0.2) is 23.1 Å². The number of imide groups is 1. The maximum Gasteiger partial charge on any atom is 0.321 e. The molecular weight excluding hydrogens is 404 g/mol. The number of piperazine rings is 1. The van der Waals surface area contributed by atoms with E-state index < -0.39 is 22.0 Å². The van der Waals surface area contributed by atoms with E-state index in [2.05, 4.69) is 19.4 Å². The molecule has 3 rings (SSSR count).